The number of halogens is 3. The minimum atomic E-state index is -4.49. The summed E-state index contributed by atoms with van der Waals surface area (Å²) in [5.41, 5.74) is 0.474. The van der Waals surface area contributed by atoms with E-state index in [1.54, 1.807) is 19.1 Å². The molecule has 2 atom stereocenters. The second kappa shape index (κ2) is 5.21. The second-order valence-corrected chi connectivity index (χ2v) is 4.18. The number of carbonyl (C=O) groups excluding carboxylic acids is 1. The van der Waals surface area contributed by atoms with E-state index in [1.165, 1.54) is 12.1 Å². The standard InChI is InChI=1S/C13H13F3O3/c1-2-18-11(17)7-10-8-5-3-4-6-9(8)12(19-10)13(14,15)16/h3-6,10,12H,2,7H2,1H3. The average molecular weight is 274 g/mol. The molecule has 1 aliphatic heterocycles. The summed E-state index contributed by atoms with van der Waals surface area (Å²) in [7, 11) is 0. The van der Waals surface area contributed by atoms with Gasteiger partial charge in [-0.2, -0.15) is 13.2 Å². The van der Waals surface area contributed by atoms with E-state index in [1.807, 2.05) is 0 Å². The molecule has 0 radical (unpaired) electrons. The van der Waals surface area contributed by atoms with Crippen LogP contribution in [0, 0.1) is 0 Å². The van der Waals surface area contributed by atoms with Gasteiger partial charge in [0.1, 0.15) is 0 Å². The number of carbonyl (C=O) groups is 1. The van der Waals surface area contributed by atoms with Crippen LogP contribution in [-0.4, -0.2) is 18.8 Å². The van der Waals surface area contributed by atoms with Crippen LogP contribution >= 0.6 is 0 Å². The van der Waals surface area contributed by atoms with Crippen molar-refractivity contribution in [3.8, 4) is 0 Å². The van der Waals surface area contributed by atoms with Gasteiger partial charge in [-0.3, -0.25) is 4.79 Å². The van der Waals surface area contributed by atoms with Crippen LogP contribution in [0.3, 0.4) is 0 Å². The van der Waals surface area contributed by atoms with Crippen LogP contribution < -0.4 is 0 Å². The van der Waals surface area contributed by atoms with Crippen molar-refractivity contribution >= 4 is 5.97 Å². The summed E-state index contributed by atoms with van der Waals surface area (Å²) in [4.78, 5) is 11.4. The van der Waals surface area contributed by atoms with Gasteiger partial charge in [-0.15, -0.1) is 0 Å². The summed E-state index contributed by atoms with van der Waals surface area (Å²) in [6.07, 6.45) is -7.57. The molecule has 1 aromatic rings. The topological polar surface area (TPSA) is 35.5 Å². The van der Waals surface area contributed by atoms with Crippen LogP contribution in [-0.2, 0) is 14.3 Å². The maximum absolute atomic E-state index is 12.9. The zero-order valence-electron chi connectivity index (χ0n) is 10.2. The Morgan fingerprint density at radius 1 is 1.32 bits per heavy atom. The molecule has 104 valence electrons. The summed E-state index contributed by atoms with van der Waals surface area (Å²) < 4.78 is 48.3. The Morgan fingerprint density at radius 2 is 1.95 bits per heavy atom. The van der Waals surface area contributed by atoms with Crippen LogP contribution in [0.2, 0.25) is 0 Å². The summed E-state index contributed by atoms with van der Waals surface area (Å²) in [5, 5.41) is 0. The molecule has 1 aliphatic rings. The highest BCUT2D eigenvalue weighted by atomic mass is 19.4. The molecule has 2 unspecified atom stereocenters. The van der Waals surface area contributed by atoms with Gasteiger partial charge >= 0.3 is 12.1 Å². The fourth-order valence-corrected chi connectivity index (χ4v) is 2.14. The van der Waals surface area contributed by atoms with E-state index in [0.717, 1.165) is 0 Å². The molecular weight excluding hydrogens is 261 g/mol. The zero-order valence-corrected chi connectivity index (χ0v) is 10.2. The van der Waals surface area contributed by atoms with E-state index < -0.39 is 24.4 Å². The largest absolute Gasteiger partial charge is 0.466 e. The third kappa shape index (κ3) is 2.89. The highest BCUT2D eigenvalue weighted by Crippen LogP contribution is 2.48. The molecule has 0 bridgehead atoms. The molecule has 0 saturated carbocycles. The Balaban J connectivity index is 2.23. The number of esters is 1. The molecule has 0 spiro atoms. The van der Waals surface area contributed by atoms with E-state index in [4.69, 9.17) is 9.47 Å². The summed E-state index contributed by atoms with van der Waals surface area (Å²) >= 11 is 0. The van der Waals surface area contributed by atoms with Crippen molar-refractivity contribution in [2.75, 3.05) is 6.61 Å². The van der Waals surface area contributed by atoms with Crippen LogP contribution in [0.1, 0.15) is 36.7 Å². The normalized spacial score (nSPS) is 22.1. The number of benzene rings is 1. The van der Waals surface area contributed by atoms with Crippen molar-refractivity contribution in [3.05, 3.63) is 35.4 Å². The van der Waals surface area contributed by atoms with E-state index in [9.17, 15) is 18.0 Å². The van der Waals surface area contributed by atoms with Crippen molar-refractivity contribution in [2.45, 2.75) is 31.7 Å². The van der Waals surface area contributed by atoms with Gasteiger partial charge in [0.05, 0.1) is 19.1 Å². The third-order valence-electron chi connectivity index (χ3n) is 2.88. The number of fused-ring (bicyclic) bond motifs is 1. The maximum Gasteiger partial charge on any atom is 0.418 e. The predicted octanol–water partition coefficient (Wildman–Crippen LogP) is 3.31. The Hall–Kier alpha value is -1.56. The van der Waals surface area contributed by atoms with E-state index >= 15 is 0 Å². The molecule has 0 fully saturated rings. The van der Waals surface area contributed by atoms with Crippen LogP contribution in [0.4, 0.5) is 13.2 Å². The summed E-state index contributed by atoms with van der Waals surface area (Å²) in [5.74, 6) is -0.565. The maximum atomic E-state index is 12.9. The van der Waals surface area contributed by atoms with Crippen molar-refractivity contribution < 1.29 is 27.4 Å². The lowest BCUT2D eigenvalue weighted by Crippen LogP contribution is -2.20. The van der Waals surface area contributed by atoms with Gasteiger partial charge in [0.15, 0.2) is 6.10 Å². The van der Waals surface area contributed by atoms with Gasteiger partial charge in [-0.25, -0.2) is 0 Å². The molecule has 3 nitrogen and oxygen atoms in total. The monoisotopic (exact) mass is 274 g/mol. The fraction of sp³-hybridized carbons (Fsp3) is 0.462. The average Bonchev–Trinajstić information content (AvgIpc) is 2.69. The van der Waals surface area contributed by atoms with Gasteiger partial charge < -0.3 is 9.47 Å². The van der Waals surface area contributed by atoms with Crippen molar-refractivity contribution in [1.82, 2.24) is 0 Å². The number of alkyl halides is 3. The van der Waals surface area contributed by atoms with E-state index in [-0.39, 0.29) is 18.6 Å². The Labute approximate surface area is 108 Å². The number of ether oxygens (including phenoxy) is 2. The number of hydrogen-bond donors (Lipinski definition) is 0. The molecule has 19 heavy (non-hydrogen) atoms. The first kappa shape index (κ1) is 13.9. The van der Waals surface area contributed by atoms with Gasteiger partial charge in [0, 0.05) is 0 Å². The minimum Gasteiger partial charge on any atom is -0.466 e. The molecular formula is C13H13F3O3. The smallest absolute Gasteiger partial charge is 0.418 e. The number of rotatable bonds is 3. The quantitative estimate of drug-likeness (QED) is 0.793. The van der Waals surface area contributed by atoms with Crippen molar-refractivity contribution in [3.63, 3.8) is 0 Å². The lowest BCUT2D eigenvalue weighted by Gasteiger charge is -2.16. The number of hydrogen-bond acceptors (Lipinski definition) is 3. The van der Waals surface area contributed by atoms with Gasteiger partial charge in [0.25, 0.3) is 0 Å². The van der Waals surface area contributed by atoms with Gasteiger partial charge in [0.2, 0.25) is 0 Å². The molecule has 0 aromatic heterocycles. The first-order valence-corrected chi connectivity index (χ1v) is 5.90. The molecule has 1 aromatic carbocycles. The van der Waals surface area contributed by atoms with Crippen molar-refractivity contribution in [1.29, 1.82) is 0 Å². The summed E-state index contributed by atoms with van der Waals surface area (Å²) in [6, 6.07) is 6.07. The van der Waals surface area contributed by atoms with Crippen LogP contribution in [0.25, 0.3) is 0 Å². The SMILES string of the molecule is CCOC(=O)CC1OC(C(F)(F)F)c2ccccc21. The highest BCUT2D eigenvalue weighted by molar-refractivity contribution is 5.70. The van der Waals surface area contributed by atoms with E-state index in [2.05, 4.69) is 0 Å². The molecule has 6 heteroatoms. The van der Waals surface area contributed by atoms with Crippen molar-refractivity contribution in [2.24, 2.45) is 0 Å². The summed E-state index contributed by atoms with van der Waals surface area (Å²) in [6.45, 7) is 1.83. The Kier molecular flexibility index (Phi) is 3.80. The first-order valence-electron chi connectivity index (χ1n) is 5.90. The molecule has 2 rings (SSSR count). The van der Waals surface area contributed by atoms with Gasteiger partial charge in [-0.1, -0.05) is 24.3 Å². The zero-order chi connectivity index (χ0) is 14.0. The van der Waals surface area contributed by atoms with E-state index in [0.29, 0.717) is 5.56 Å². The minimum absolute atomic E-state index is 0.0734. The predicted molar refractivity (Wildman–Crippen MR) is 60.3 cm³/mol. The Morgan fingerprint density at radius 3 is 2.53 bits per heavy atom. The van der Waals surface area contributed by atoms with Crippen LogP contribution in [0.15, 0.2) is 24.3 Å². The van der Waals surface area contributed by atoms with Gasteiger partial charge in [-0.05, 0) is 18.1 Å². The van der Waals surface area contributed by atoms with Crippen LogP contribution in [0.5, 0.6) is 0 Å². The molecule has 0 aliphatic carbocycles. The molecule has 0 saturated heterocycles. The third-order valence-corrected chi connectivity index (χ3v) is 2.88. The lowest BCUT2D eigenvalue weighted by atomic mass is 10.0. The Bertz CT molecular complexity index is 470. The molecule has 0 N–H and O–H groups in total. The molecule has 1 heterocycles. The second-order valence-electron chi connectivity index (χ2n) is 4.18. The first-order chi connectivity index (χ1) is 8.93. The highest BCUT2D eigenvalue weighted by Gasteiger charge is 2.49. The molecule has 0 amide bonds. The fourth-order valence-electron chi connectivity index (χ4n) is 2.14. The lowest BCUT2D eigenvalue weighted by molar-refractivity contribution is -0.229.